The lowest BCUT2D eigenvalue weighted by Gasteiger charge is -2.32. The molecule has 116 valence electrons. The van der Waals surface area contributed by atoms with Gasteiger partial charge < -0.3 is 5.11 Å². The minimum atomic E-state index is -3.66. The van der Waals surface area contributed by atoms with E-state index in [1.807, 2.05) is 0 Å². The van der Waals surface area contributed by atoms with Crippen molar-refractivity contribution in [1.29, 1.82) is 0 Å². The van der Waals surface area contributed by atoms with Crippen molar-refractivity contribution in [2.45, 2.75) is 49.5 Å². The Balaban J connectivity index is 2.05. The molecule has 5 nitrogen and oxygen atoms in total. The molecule has 21 heavy (non-hydrogen) atoms. The fourth-order valence-electron chi connectivity index (χ4n) is 2.57. The van der Waals surface area contributed by atoms with Crippen LogP contribution in [-0.4, -0.2) is 31.5 Å². The van der Waals surface area contributed by atoms with E-state index in [0.717, 1.165) is 19.3 Å². The van der Waals surface area contributed by atoms with Gasteiger partial charge >= 0.3 is 0 Å². The van der Waals surface area contributed by atoms with Crippen LogP contribution in [0.4, 0.5) is 0 Å². The zero-order valence-electron chi connectivity index (χ0n) is 12.1. The van der Waals surface area contributed by atoms with Gasteiger partial charge in [-0.1, -0.05) is 31.4 Å². The minimum absolute atomic E-state index is 0.0315. The number of benzene rings is 1. The van der Waals surface area contributed by atoms with Crippen molar-refractivity contribution in [2.75, 3.05) is 6.54 Å². The fraction of sp³-hybridized carbons (Fsp3) is 0.533. The van der Waals surface area contributed by atoms with Crippen molar-refractivity contribution < 1.29 is 18.3 Å². The van der Waals surface area contributed by atoms with Crippen LogP contribution in [0.3, 0.4) is 0 Å². The lowest BCUT2D eigenvalue weighted by molar-refractivity contribution is 0.00945. The average molecular weight is 311 g/mol. The molecule has 2 rings (SSSR count). The van der Waals surface area contributed by atoms with E-state index in [-0.39, 0.29) is 17.2 Å². The van der Waals surface area contributed by atoms with Crippen LogP contribution in [0.25, 0.3) is 0 Å². The molecule has 0 heterocycles. The highest BCUT2D eigenvalue weighted by Crippen LogP contribution is 2.27. The number of aliphatic hydroxyl groups is 1. The van der Waals surface area contributed by atoms with Crippen LogP contribution in [0, 0.1) is 0 Å². The van der Waals surface area contributed by atoms with Gasteiger partial charge in [-0.3, -0.25) is 4.79 Å². The number of hydrogen-bond acceptors (Lipinski definition) is 4. The van der Waals surface area contributed by atoms with Gasteiger partial charge in [-0.25, -0.2) is 13.1 Å². The molecule has 0 amide bonds. The molecule has 6 heteroatoms. The van der Waals surface area contributed by atoms with E-state index in [4.69, 9.17) is 0 Å². The Morgan fingerprint density at radius 3 is 2.29 bits per heavy atom. The van der Waals surface area contributed by atoms with Crippen LogP contribution >= 0.6 is 0 Å². The third kappa shape index (κ3) is 4.12. The van der Waals surface area contributed by atoms with E-state index >= 15 is 0 Å². The zero-order chi connectivity index (χ0) is 15.5. The first-order chi connectivity index (χ1) is 9.82. The highest BCUT2D eigenvalue weighted by molar-refractivity contribution is 7.89. The SMILES string of the molecule is CC(=O)c1ccc(S(=O)(=O)NCC2(O)CCCCC2)cc1. The van der Waals surface area contributed by atoms with E-state index in [0.29, 0.717) is 18.4 Å². The van der Waals surface area contributed by atoms with Gasteiger partial charge in [0.15, 0.2) is 5.78 Å². The summed E-state index contributed by atoms with van der Waals surface area (Å²) < 4.78 is 26.9. The maximum absolute atomic E-state index is 12.2. The van der Waals surface area contributed by atoms with Gasteiger partial charge in [-0.05, 0) is 31.9 Å². The zero-order valence-corrected chi connectivity index (χ0v) is 12.9. The van der Waals surface area contributed by atoms with Crippen molar-refractivity contribution in [3.8, 4) is 0 Å². The third-order valence-corrected chi connectivity index (χ3v) is 5.36. The Kier molecular flexibility index (Phi) is 4.81. The molecule has 1 aromatic carbocycles. The molecule has 1 aliphatic carbocycles. The highest BCUT2D eigenvalue weighted by Gasteiger charge is 2.30. The summed E-state index contributed by atoms with van der Waals surface area (Å²) >= 11 is 0. The summed E-state index contributed by atoms with van der Waals surface area (Å²) in [5, 5.41) is 10.3. The summed E-state index contributed by atoms with van der Waals surface area (Å²) in [5.74, 6) is -0.108. The van der Waals surface area contributed by atoms with Gasteiger partial charge in [0.2, 0.25) is 10.0 Å². The van der Waals surface area contributed by atoms with Gasteiger partial charge in [0.05, 0.1) is 10.5 Å². The lowest BCUT2D eigenvalue weighted by atomic mass is 9.85. The first-order valence-electron chi connectivity index (χ1n) is 7.15. The largest absolute Gasteiger partial charge is 0.389 e. The Morgan fingerprint density at radius 1 is 1.19 bits per heavy atom. The Bertz CT molecular complexity index is 601. The number of sulfonamides is 1. The van der Waals surface area contributed by atoms with E-state index in [1.54, 1.807) is 0 Å². The summed E-state index contributed by atoms with van der Waals surface area (Å²) in [7, 11) is -3.66. The standard InChI is InChI=1S/C15H21NO4S/c1-12(17)13-5-7-14(8-6-13)21(19,20)16-11-15(18)9-3-2-4-10-15/h5-8,16,18H,2-4,9-11H2,1H3. The molecule has 0 spiro atoms. The Morgan fingerprint density at radius 2 is 1.76 bits per heavy atom. The van der Waals surface area contributed by atoms with Crippen LogP contribution in [-0.2, 0) is 10.0 Å². The van der Waals surface area contributed by atoms with Crippen molar-refractivity contribution in [2.24, 2.45) is 0 Å². The number of carbonyl (C=O) groups is 1. The fourth-order valence-corrected chi connectivity index (χ4v) is 3.69. The van der Waals surface area contributed by atoms with E-state index in [2.05, 4.69) is 4.72 Å². The number of nitrogens with one attached hydrogen (secondary N) is 1. The molecule has 0 radical (unpaired) electrons. The van der Waals surface area contributed by atoms with Gasteiger partial charge in [0.1, 0.15) is 0 Å². The van der Waals surface area contributed by atoms with E-state index < -0.39 is 15.6 Å². The van der Waals surface area contributed by atoms with Crippen LogP contribution in [0.15, 0.2) is 29.2 Å². The lowest BCUT2D eigenvalue weighted by Crippen LogP contribution is -2.44. The van der Waals surface area contributed by atoms with Gasteiger partial charge in [-0.2, -0.15) is 0 Å². The highest BCUT2D eigenvalue weighted by atomic mass is 32.2. The summed E-state index contributed by atoms with van der Waals surface area (Å²) in [6.45, 7) is 1.46. The summed E-state index contributed by atoms with van der Waals surface area (Å²) in [6.07, 6.45) is 4.18. The van der Waals surface area contributed by atoms with Crippen molar-refractivity contribution in [1.82, 2.24) is 4.72 Å². The first-order valence-corrected chi connectivity index (χ1v) is 8.64. The second-order valence-corrected chi connectivity index (χ2v) is 7.46. The second-order valence-electron chi connectivity index (χ2n) is 5.69. The third-order valence-electron chi connectivity index (χ3n) is 3.95. The summed E-state index contributed by atoms with van der Waals surface area (Å²) in [4.78, 5) is 11.3. The molecular formula is C15H21NO4S. The maximum atomic E-state index is 12.2. The predicted octanol–water partition coefficient (Wildman–Crippen LogP) is 1.86. The van der Waals surface area contributed by atoms with Crippen LogP contribution < -0.4 is 4.72 Å². The first kappa shape index (κ1) is 16.1. The monoisotopic (exact) mass is 311 g/mol. The number of carbonyl (C=O) groups excluding carboxylic acids is 1. The Hall–Kier alpha value is -1.24. The number of ketones is 1. The van der Waals surface area contributed by atoms with E-state index in [1.165, 1.54) is 31.2 Å². The van der Waals surface area contributed by atoms with Gasteiger partial charge in [0, 0.05) is 12.1 Å². The molecule has 1 aliphatic rings. The molecule has 0 unspecified atom stereocenters. The average Bonchev–Trinajstić information content (AvgIpc) is 2.46. The maximum Gasteiger partial charge on any atom is 0.240 e. The molecule has 2 N–H and O–H groups in total. The van der Waals surface area contributed by atoms with Crippen LogP contribution in [0.1, 0.15) is 49.4 Å². The van der Waals surface area contributed by atoms with Crippen molar-refractivity contribution in [3.05, 3.63) is 29.8 Å². The second kappa shape index (κ2) is 6.25. The molecule has 0 bridgehead atoms. The van der Waals surface area contributed by atoms with Gasteiger partial charge in [0.25, 0.3) is 0 Å². The number of hydrogen-bond donors (Lipinski definition) is 2. The summed E-state index contributed by atoms with van der Waals surface area (Å²) in [6, 6.07) is 5.80. The van der Waals surface area contributed by atoms with Crippen LogP contribution in [0.2, 0.25) is 0 Å². The van der Waals surface area contributed by atoms with Crippen molar-refractivity contribution in [3.63, 3.8) is 0 Å². The smallest absolute Gasteiger partial charge is 0.240 e. The molecule has 0 saturated heterocycles. The molecule has 1 fully saturated rings. The quantitative estimate of drug-likeness (QED) is 0.813. The van der Waals surface area contributed by atoms with E-state index in [9.17, 15) is 18.3 Å². The normalized spacial score (nSPS) is 18.4. The minimum Gasteiger partial charge on any atom is -0.389 e. The molecule has 0 atom stereocenters. The Labute approximate surface area is 125 Å². The number of Topliss-reactive ketones (excluding diaryl/α,β-unsaturated/α-hetero) is 1. The molecule has 0 aromatic heterocycles. The number of rotatable bonds is 5. The molecule has 1 aromatic rings. The topological polar surface area (TPSA) is 83.5 Å². The molecular weight excluding hydrogens is 290 g/mol. The van der Waals surface area contributed by atoms with Crippen LogP contribution in [0.5, 0.6) is 0 Å². The molecule has 0 aliphatic heterocycles. The summed E-state index contributed by atoms with van der Waals surface area (Å²) in [5.41, 5.74) is -0.468. The van der Waals surface area contributed by atoms with Gasteiger partial charge in [-0.15, -0.1) is 0 Å². The molecule has 1 saturated carbocycles. The predicted molar refractivity (Wildman–Crippen MR) is 79.7 cm³/mol. The van der Waals surface area contributed by atoms with Crippen molar-refractivity contribution >= 4 is 15.8 Å².